The highest BCUT2D eigenvalue weighted by Gasteiger charge is 2.30. The number of nitrogens with zero attached hydrogens (tertiary/aromatic N) is 3. The summed E-state index contributed by atoms with van der Waals surface area (Å²) in [5, 5.41) is 20.7. The van der Waals surface area contributed by atoms with E-state index in [0.29, 0.717) is 42.6 Å². The van der Waals surface area contributed by atoms with Crippen molar-refractivity contribution in [1.82, 2.24) is 14.7 Å². The Morgan fingerprint density at radius 1 is 1.19 bits per heavy atom. The van der Waals surface area contributed by atoms with Crippen LogP contribution in [-0.4, -0.2) is 101 Å². The lowest BCUT2D eigenvalue weighted by Crippen LogP contribution is -2.49. The molecule has 2 aliphatic rings. The number of β-amino-alcohol motifs (C(OH)–C–C–N with tert-alkyl or cyclic N) is 1. The third-order valence-corrected chi connectivity index (χ3v) is 6.49. The molecule has 176 valence electrons. The summed E-state index contributed by atoms with van der Waals surface area (Å²) in [6.45, 7) is 1.88. The summed E-state index contributed by atoms with van der Waals surface area (Å²) in [5.41, 5.74) is 0.740. The van der Waals surface area contributed by atoms with E-state index in [1.165, 1.54) is 6.08 Å². The molecule has 0 aliphatic carbocycles. The molecule has 2 N–H and O–H groups in total. The van der Waals surface area contributed by atoms with E-state index in [4.69, 9.17) is 23.2 Å². The molecule has 1 aromatic carbocycles. The topological polar surface area (TPSA) is 84.3 Å². The SMILES string of the molecule is O=C(/C=C/c1ccc(Cl)c(Cl)c1)N1CCC(=O)N(CC(O)CN2CC[C@@H](O)[C@H](F)C2)CC1. The Balaban J connectivity index is 1.50. The summed E-state index contributed by atoms with van der Waals surface area (Å²) in [6.07, 6.45) is 0.458. The third-order valence-electron chi connectivity index (χ3n) is 5.75. The average molecular weight is 488 g/mol. The van der Waals surface area contributed by atoms with Crippen molar-refractivity contribution in [2.24, 2.45) is 0 Å². The average Bonchev–Trinajstić information content (AvgIpc) is 2.93. The smallest absolute Gasteiger partial charge is 0.246 e. The Hall–Kier alpha value is -1.71. The second kappa shape index (κ2) is 11.4. The van der Waals surface area contributed by atoms with E-state index >= 15 is 0 Å². The predicted molar refractivity (Wildman–Crippen MR) is 121 cm³/mol. The van der Waals surface area contributed by atoms with Crippen LogP contribution in [0.3, 0.4) is 0 Å². The highest BCUT2D eigenvalue weighted by Crippen LogP contribution is 2.23. The van der Waals surface area contributed by atoms with Gasteiger partial charge in [-0.25, -0.2) is 4.39 Å². The molecule has 10 heteroatoms. The molecule has 0 aromatic heterocycles. The number of aliphatic hydroxyl groups excluding tert-OH is 2. The second-order valence-corrected chi connectivity index (χ2v) is 9.02. The number of benzene rings is 1. The van der Waals surface area contributed by atoms with Crippen LogP contribution >= 0.6 is 23.2 Å². The number of alkyl halides is 1. The van der Waals surface area contributed by atoms with Gasteiger partial charge in [-0.05, 0) is 30.2 Å². The zero-order valence-electron chi connectivity index (χ0n) is 17.7. The third kappa shape index (κ3) is 6.89. The maximum atomic E-state index is 13.7. The van der Waals surface area contributed by atoms with Gasteiger partial charge in [0.2, 0.25) is 11.8 Å². The standard InChI is InChI=1S/C22H28Cl2FN3O4/c23-17-3-1-15(11-18(17)24)2-4-21(31)27-8-6-22(32)28(10-9-27)13-16(29)12-26-7-5-20(30)19(25)14-26/h1-4,11,16,19-20,29-30H,5-10,12-14H2/b4-2+/t16?,19-,20-/m1/s1. The fourth-order valence-corrected chi connectivity index (χ4v) is 4.21. The summed E-state index contributed by atoms with van der Waals surface area (Å²) in [6, 6.07) is 5.07. The van der Waals surface area contributed by atoms with Gasteiger partial charge >= 0.3 is 0 Å². The first kappa shape index (κ1) is 24.9. The van der Waals surface area contributed by atoms with Crippen molar-refractivity contribution in [2.45, 2.75) is 31.2 Å². The highest BCUT2D eigenvalue weighted by molar-refractivity contribution is 6.42. The van der Waals surface area contributed by atoms with E-state index in [9.17, 15) is 24.2 Å². The van der Waals surface area contributed by atoms with Crippen molar-refractivity contribution in [3.63, 3.8) is 0 Å². The fraction of sp³-hybridized carbons (Fsp3) is 0.545. The minimum Gasteiger partial charge on any atom is -0.390 e. The molecule has 0 radical (unpaired) electrons. The molecule has 0 spiro atoms. The lowest BCUT2D eigenvalue weighted by Gasteiger charge is -2.34. The van der Waals surface area contributed by atoms with Crippen LogP contribution in [0.4, 0.5) is 4.39 Å². The number of aliphatic hydroxyl groups is 2. The van der Waals surface area contributed by atoms with Crippen LogP contribution in [0.15, 0.2) is 24.3 Å². The molecule has 2 saturated heterocycles. The molecule has 3 atom stereocenters. The Bertz CT molecular complexity index is 856. The molecule has 2 aliphatic heterocycles. The zero-order valence-corrected chi connectivity index (χ0v) is 19.2. The Labute approximate surface area is 197 Å². The number of hydrogen-bond donors (Lipinski definition) is 2. The number of piperidine rings is 1. The first-order valence-corrected chi connectivity index (χ1v) is 11.4. The number of carbonyl (C=O) groups is 2. The monoisotopic (exact) mass is 487 g/mol. The van der Waals surface area contributed by atoms with E-state index in [1.54, 1.807) is 39.0 Å². The number of likely N-dealkylation sites (tertiary alicyclic amines) is 1. The normalized spacial score (nSPS) is 24.1. The van der Waals surface area contributed by atoms with Crippen LogP contribution in [0.5, 0.6) is 0 Å². The van der Waals surface area contributed by atoms with Gasteiger partial charge in [0, 0.05) is 58.3 Å². The summed E-state index contributed by atoms with van der Waals surface area (Å²) in [7, 11) is 0. The molecule has 2 heterocycles. The largest absolute Gasteiger partial charge is 0.390 e. The van der Waals surface area contributed by atoms with Gasteiger partial charge in [0.25, 0.3) is 0 Å². The van der Waals surface area contributed by atoms with Gasteiger partial charge < -0.3 is 20.0 Å². The van der Waals surface area contributed by atoms with Gasteiger partial charge in [-0.3, -0.25) is 14.5 Å². The Morgan fingerprint density at radius 2 is 1.97 bits per heavy atom. The summed E-state index contributed by atoms with van der Waals surface area (Å²) < 4.78 is 13.7. The second-order valence-electron chi connectivity index (χ2n) is 8.21. The van der Waals surface area contributed by atoms with Crippen molar-refractivity contribution in [1.29, 1.82) is 0 Å². The molecule has 7 nitrogen and oxygen atoms in total. The molecule has 2 amide bonds. The van der Waals surface area contributed by atoms with Crippen LogP contribution in [0.1, 0.15) is 18.4 Å². The van der Waals surface area contributed by atoms with Gasteiger partial charge in [0.15, 0.2) is 0 Å². The van der Waals surface area contributed by atoms with Crippen LogP contribution in [0.2, 0.25) is 10.0 Å². The van der Waals surface area contributed by atoms with Gasteiger partial charge in [-0.1, -0.05) is 29.3 Å². The maximum absolute atomic E-state index is 13.7. The van der Waals surface area contributed by atoms with Crippen molar-refractivity contribution in [3.8, 4) is 0 Å². The maximum Gasteiger partial charge on any atom is 0.246 e. The first-order chi connectivity index (χ1) is 15.2. The molecule has 2 fully saturated rings. The molecule has 32 heavy (non-hydrogen) atoms. The van der Waals surface area contributed by atoms with Crippen LogP contribution < -0.4 is 0 Å². The van der Waals surface area contributed by atoms with Crippen molar-refractivity contribution in [2.75, 3.05) is 45.8 Å². The number of amides is 2. The quantitative estimate of drug-likeness (QED) is 0.598. The molecule has 3 rings (SSSR count). The lowest BCUT2D eigenvalue weighted by molar-refractivity contribution is -0.132. The Morgan fingerprint density at radius 3 is 2.69 bits per heavy atom. The lowest BCUT2D eigenvalue weighted by atomic mass is 10.1. The van der Waals surface area contributed by atoms with Crippen LogP contribution in [-0.2, 0) is 9.59 Å². The molecular weight excluding hydrogens is 460 g/mol. The van der Waals surface area contributed by atoms with E-state index < -0.39 is 18.4 Å². The summed E-state index contributed by atoms with van der Waals surface area (Å²) in [5.74, 6) is -0.350. The first-order valence-electron chi connectivity index (χ1n) is 10.7. The van der Waals surface area contributed by atoms with E-state index in [0.717, 1.165) is 5.56 Å². The van der Waals surface area contributed by atoms with E-state index in [2.05, 4.69) is 0 Å². The van der Waals surface area contributed by atoms with E-state index in [1.807, 2.05) is 0 Å². The molecular formula is C22H28Cl2FN3O4. The van der Waals surface area contributed by atoms with Crippen molar-refractivity contribution >= 4 is 41.1 Å². The van der Waals surface area contributed by atoms with Crippen molar-refractivity contribution < 1.29 is 24.2 Å². The number of halogens is 3. The van der Waals surface area contributed by atoms with Gasteiger partial charge in [0.1, 0.15) is 6.17 Å². The molecule has 0 saturated carbocycles. The minimum absolute atomic E-state index is 0.0691. The summed E-state index contributed by atoms with van der Waals surface area (Å²) >= 11 is 11.9. The van der Waals surface area contributed by atoms with Crippen LogP contribution in [0, 0.1) is 0 Å². The Kier molecular flexibility index (Phi) is 8.90. The van der Waals surface area contributed by atoms with Gasteiger partial charge in [-0.15, -0.1) is 0 Å². The fourth-order valence-electron chi connectivity index (χ4n) is 3.90. The number of carbonyl (C=O) groups excluding carboxylic acids is 2. The zero-order chi connectivity index (χ0) is 23.3. The van der Waals surface area contributed by atoms with E-state index in [-0.39, 0.29) is 37.9 Å². The van der Waals surface area contributed by atoms with Gasteiger partial charge in [-0.2, -0.15) is 0 Å². The molecule has 1 aromatic rings. The number of hydrogen-bond acceptors (Lipinski definition) is 5. The van der Waals surface area contributed by atoms with Crippen LogP contribution in [0.25, 0.3) is 6.08 Å². The minimum atomic E-state index is -1.33. The number of rotatable bonds is 6. The van der Waals surface area contributed by atoms with Crippen molar-refractivity contribution in [3.05, 3.63) is 39.9 Å². The highest BCUT2D eigenvalue weighted by atomic mass is 35.5. The van der Waals surface area contributed by atoms with Gasteiger partial charge in [0.05, 0.1) is 22.3 Å². The molecule has 1 unspecified atom stereocenters. The summed E-state index contributed by atoms with van der Waals surface area (Å²) in [4.78, 5) is 29.9. The predicted octanol–water partition coefficient (Wildman–Crippen LogP) is 1.83. The molecule has 0 bridgehead atoms.